The van der Waals surface area contributed by atoms with E-state index in [0.717, 1.165) is 12.0 Å². The van der Waals surface area contributed by atoms with Gasteiger partial charge in [-0.3, -0.25) is 4.99 Å². The number of guanidine groups is 1. The smallest absolute Gasteiger partial charge is 0.227 e. The van der Waals surface area contributed by atoms with Crippen LogP contribution in [-0.2, 0) is 6.42 Å². The Hall–Kier alpha value is -2.44. The summed E-state index contributed by atoms with van der Waals surface area (Å²) in [6, 6.07) is 5.98. The highest BCUT2D eigenvalue weighted by molar-refractivity contribution is 5.77. The Balaban J connectivity index is 1.77. The van der Waals surface area contributed by atoms with E-state index in [0.29, 0.717) is 43.1 Å². The zero-order valence-electron chi connectivity index (χ0n) is 13.4. The normalized spacial score (nSPS) is 11.9. The van der Waals surface area contributed by atoms with E-state index in [-0.39, 0.29) is 5.82 Å². The van der Waals surface area contributed by atoms with Gasteiger partial charge in [0.1, 0.15) is 5.82 Å². The fraction of sp³-hybridized carbons (Fsp3) is 0.438. The Morgan fingerprint density at radius 1 is 1.35 bits per heavy atom. The van der Waals surface area contributed by atoms with Gasteiger partial charge < -0.3 is 15.6 Å². The summed E-state index contributed by atoms with van der Waals surface area (Å²) >= 11 is 0. The molecule has 7 heteroatoms. The van der Waals surface area contributed by atoms with Crippen molar-refractivity contribution in [2.24, 2.45) is 16.6 Å². The van der Waals surface area contributed by atoms with Crippen LogP contribution in [-0.4, -0.2) is 29.2 Å². The molecule has 2 aromatic rings. The van der Waals surface area contributed by atoms with Crippen LogP contribution in [0.2, 0.25) is 0 Å². The minimum atomic E-state index is -0.291. The second kappa shape index (κ2) is 8.26. The quantitative estimate of drug-likeness (QED) is 0.464. The first-order valence-electron chi connectivity index (χ1n) is 7.67. The molecule has 0 radical (unpaired) electrons. The third-order valence-electron chi connectivity index (χ3n) is 3.07. The van der Waals surface area contributed by atoms with Gasteiger partial charge in [0, 0.05) is 25.1 Å². The summed E-state index contributed by atoms with van der Waals surface area (Å²) in [6.07, 6.45) is 1.43. The summed E-state index contributed by atoms with van der Waals surface area (Å²) < 4.78 is 18.1. The molecule has 23 heavy (non-hydrogen) atoms. The first-order chi connectivity index (χ1) is 11.0. The molecular formula is C16H22FN5O. The second-order valence-electron chi connectivity index (χ2n) is 5.67. The molecule has 0 aliphatic rings. The molecule has 0 saturated heterocycles. The number of aromatic nitrogens is 2. The van der Waals surface area contributed by atoms with Crippen molar-refractivity contribution in [2.45, 2.75) is 26.7 Å². The Kier molecular flexibility index (Phi) is 6.08. The van der Waals surface area contributed by atoms with Crippen LogP contribution in [0.1, 0.15) is 26.2 Å². The van der Waals surface area contributed by atoms with E-state index in [1.54, 1.807) is 12.1 Å². The molecule has 0 bridgehead atoms. The molecule has 6 nitrogen and oxygen atoms in total. The maximum atomic E-state index is 12.9. The number of halogens is 1. The van der Waals surface area contributed by atoms with E-state index >= 15 is 0 Å². The maximum absolute atomic E-state index is 12.9. The molecule has 0 aliphatic heterocycles. The van der Waals surface area contributed by atoms with Crippen molar-refractivity contribution in [1.29, 1.82) is 0 Å². The van der Waals surface area contributed by atoms with Crippen LogP contribution in [0.25, 0.3) is 11.4 Å². The van der Waals surface area contributed by atoms with E-state index in [2.05, 4.69) is 34.3 Å². The molecule has 124 valence electrons. The summed E-state index contributed by atoms with van der Waals surface area (Å²) in [7, 11) is 0. The van der Waals surface area contributed by atoms with Gasteiger partial charge in [0.05, 0.1) is 0 Å². The monoisotopic (exact) mass is 319 g/mol. The molecule has 0 atom stereocenters. The standard InChI is InChI=1S/C16H22FN5O/c1-11(2)10-20-16(18)19-9-3-4-14-21-15(22-23-14)12-5-7-13(17)8-6-12/h5-8,11H,3-4,9-10H2,1-2H3,(H3,18,19,20). The zero-order valence-corrected chi connectivity index (χ0v) is 13.4. The number of nitrogens with two attached hydrogens (primary N) is 1. The fourth-order valence-corrected chi connectivity index (χ4v) is 1.87. The van der Waals surface area contributed by atoms with Crippen molar-refractivity contribution < 1.29 is 8.91 Å². The van der Waals surface area contributed by atoms with Crippen LogP contribution in [0.3, 0.4) is 0 Å². The number of rotatable bonds is 7. The Bertz CT molecular complexity index is 636. The minimum Gasteiger partial charge on any atom is -0.370 e. The molecule has 1 heterocycles. The highest BCUT2D eigenvalue weighted by Gasteiger charge is 2.08. The zero-order chi connectivity index (χ0) is 16.7. The summed E-state index contributed by atoms with van der Waals surface area (Å²) in [4.78, 5) is 8.52. The number of hydrogen-bond donors (Lipinski definition) is 2. The van der Waals surface area contributed by atoms with Crippen LogP contribution in [0.5, 0.6) is 0 Å². The molecule has 0 aliphatic carbocycles. The molecule has 0 unspecified atom stereocenters. The number of hydrogen-bond acceptors (Lipinski definition) is 4. The van der Waals surface area contributed by atoms with Crippen LogP contribution >= 0.6 is 0 Å². The van der Waals surface area contributed by atoms with E-state index in [1.807, 2.05) is 0 Å². The molecule has 1 aromatic heterocycles. The average molecular weight is 319 g/mol. The number of nitrogens with zero attached hydrogens (tertiary/aromatic N) is 3. The van der Waals surface area contributed by atoms with E-state index in [1.165, 1.54) is 12.1 Å². The molecule has 0 fully saturated rings. The summed E-state index contributed by atoms with van der Waals surface area (Å²) in [5.74, 6) is 1.66. The van der Waals surface area contributed by atoms with Gasteiger partial charge in [-0.25, -0.2) is 4.39 Å². The summed E-state index contributed by atoms with van der Waals surface area (Å²) in [6.45, 7) is 5.57. The van der Waals surface area contributed by atoms with Crippen molar-refractivity contribution in [1.82, 2.24) is 15.5 Å². The van der Waals surface area contributed by atoms with Crippen molar-refractivity contribution in [2.75, 3.05) is 13.1 Å². The molecule has 0 spiro atoms. The highest BCUT2D eigenvalue weighted by Crippen LogP contribution is 2.16. The van der Waals surface area contributed by atoms with Gasteiger partial charge in [0.15, 0.2) is 5.96 Å². The van der Waals surface area contributed by atoms with Gasteiger partial charge >= 0.3 is 0 Å². The van der Waals surface area contributed by atoms with Crippen molar-refractivity contribution in [3.63, 3.8) is 0 Å². The van der Waals surface area contributed by atoms with Crippen LogP contribution in [0.15, 0.2) is 33.8 Å². The third kappa shape index (κ3) is 5.69. The van der Waals surface area contributed by atoms with Crippen molar-refractivity contribution >= 4 is 5.96 Å². The summed E-state index contributed by atoms with van der Waals surface area (Å²) in [5, 5.41) is 6.95. The highest BCUT2D eigenvalue weighted by atomic mass is 19.1. The first-order valence-corrected chi connectivity index (χ1v) is 7.67. The topological polar surface area (TPSA) is 89.3 Å². The van der Waals surface area contributed by atoms with E-state index in [9.17, 15) is 4.39 Å². The van der Waals surface area contributed by atoms with Crippen molar-refractivity contribution in [3.05, 3.63) is 36.0 Å². The van der Waals surface area contributed by atoms with Gasteiger partial charge in [-0.2, -0.15) is 4.98 Å². The van der Waals surface area contributed by atoms with Crippen LogP contribution in [0.4, 0.5) is 4.39 Å². The van der Waals surface area contributed by atoms with E-state index in [4.69, 9.17) is 10.3 Å². The minimum absolute atomic E-state index is 0.291. The Labute approximate surface area is 135 Å². The van der Waals surface area contributed by atoms with Gasteiger partial charge in [-0.15, -0.1) is 0 Å². The summed E-state index contributed by atoms with van der Waals surface area (Å²) in [5.41, 5.74) is 6.48. The lowest BCUT2D eigenvalue weighted by atomic mass is 10.2. The molecule has 3 N–H and O–H groups in total. The SMILES string of the molecule is CC(C)CN=C(N)NCCCc1nc(-c2ccc(F)cc2)no1. The first kappa shape index (κ1) is 16.9. The lowest BCUT2D eigenvalue weighted by molar-refractivity contribution is 0.376. The molecule has 2 rings (SSSR count). The lowest BCUT2D eigenvalue weighted by Crippen LogP contribution is -2.33. The molecule has 0 amide bonds. The number of aliphatic imine (C=N–C) groups is 1. The Morgan fingerprint density at radius 2 is 2.09 bits per heavy atom. The van der Waals surface area contributed by atoms with Gasteiger partial charge in [-0.05, 0) is 36.6 Å². The number of benzene rings is 1. The molecule has 0 saturated carbocycles. The predicted octanol–water partition coefficient (Wildman–Crippen LogP) is 2.37. The molecular weight excluding hydrogens is 297 g/mol. The van der Waals surface area contributed by atoms with Crippen LogP contribution in [0, 0.1) is 11.7 Å². The fourth-order valence-electron chi connectivity index (χ4n) is 1.87. The maximum Gasteiger partial charge on any atom is 0.227 e. The number of aryl methyl sites for hydroxylation is 1. The Morgan fingerprint density at radius 3 is 2.78 bits per heavy atom. The third-order valence-corrected chi connectivity index (χ3v) is 3.07. The van der Waals surface area contributed by atoms with Crippen molar-refractivity contribution in [3.8, 4) is 11.4 Å². The second-order valence-corrected chi connectivity index (χ2v) is 5.67. The lowest BCUT2D eigenvalue weighted by Gasteiger charge is -2.05. The van der Waals surface area contributed by atoms with Gasteiger partial charge in [0.2, 0.25) is 11.7 Å². The van der Waals surface area contributed by atoms with Crippen LogP contribution < -0.4 is 11.1 Å². The van der Waals surface area contributed by atoms with Gasteiger partial charge in [0.25, 0.3) is 0 Å². The van der Waals surface area contributed by atoms with Gasteiger partial charge in [-0.1, -0.05) is 19.0 Å². The largest absolute Gasteiger partial charge is 0.370 e. The van der Waals surface area contributed by atoms with E-state index < -0.39 is 0 Å². The molecule has 1 aromatic carbocycles. The number of nitrogens with one attached hydrogen (secondary N) is 1. The predicted molar refractivity (Wildman–Crippen MR) is 87.3 cm³/mol. The average Bonchev–Trinajstić information content (AvgIpc) is 2.99.